The molecule has 1 aromatic rings. The number of hydrogen-bond acceptors (Lipinski definition) is 3. The van der Waals surface area contributed by atoms with E-state index in [2.05, 4.69) is 10.6 Å². The summed E-state index contributed by atoms with van der Waals surface area (Å²) in [4.78, 5) is 38.0. The highest BCUT2D eigenvalue weighted by Crippen LogP contribution is 2.21. The maximum absolute atomic E-state index is 12.7. The third kappa shape index (κ3) is 6.08. The molecule has 0 aromatic heterocycles. The first-order chi connectivity index (χ1) is 12.9. The number of rotatable bonds is 7. The Kier molecular flexibility index (Phi) is 7.82. The van der Waals surface area contributed by atoms with Crippen LogP contribution < -0.4 is 10.6 Å². The molecule has 2 N–H and O–H groups in total. The quantitative estimate of drug-likeness (QED) is 0.770. The Bertz CT molecular complexity index is 657. The van der Waals surface area contributed by atoms with Crippen LogP contribution in [0.2, 0.25) is 0 Å². The number of carbonyl (C=O) groups is 3. The van der Waals surface area contributed by atoms with E-state index in [1.165, 1.54) is 0 Å². The second-order valence-electron chi connectivity index (χ2n) is 7.18. The van der Waals surface area contributed by atoms with Gasteiger partial charge in [0.1, 0.15) is 0 Å². The summed E-state index contributed by atoms with van der Waals surface area (Å²) >= 11 is 0. The van der Waals surface area contributed by atoms with Crippen LogP contribution in [0.15, 0.2) is 24.3 Å². The van der Waals surface area contributed by atoms with Crippen LogP contribution in [0.1, 0.15) is 64.5 Å². The molecular weight excluding hydrogens is 342 g/mol. The smallest absolute Gasteiger partial charge is 0.225 e. The molecule has 2 rings (SSSR count). The molecule has 2 atom stereocenters. The van der Waals surface area contributed by atoms with Crippen molar-refractivity contribution in [3.8, 4) is 0 Å². The minimum absolute atomic E-state index is 0.000129. The van der Waals surface area contributed by atoms with E-state index in [1.807, 2.05) is 49.9 Å². The number of hydrogen-bond donors (Lipinski definition) is 2. The van der Waals surface area contributed by atoms with Gasteiger partial charge >= 0.3 is 0 Å². The summed E-state index contributed by atoms with van der Waals surface area (Å²) in [6.45, 7) is 7.01. The zero-order chi connectivity index (χ0) is 19.8. The summed E-state index contributed by atoms with van der Waals surface area (Å²) in [7, 11) is 0. The standard InChI is InChI=1S/C21H31N3O3/c1-4-7-20(26)24-13-6-8-17(14-24)21(27)22-15(3)16-9-11-18(12-10-16)23-19(25)5-2/h9-12,15,17H,4-8,13-14H2,1-3H3,(H,22,27)(H,23,25)/t15-,17+/m1/s1. The number of anilines is 1. The zero-order valence-electron chi connectivity index (χ0n) is 16.6. The number of benzene rings is 1. The van der Waals surface area contributed by atoms with E-state index in [4.69, 9.17) is 0 Å². The zero-order valence-corrected chi connectivity index (χ0v) is 16.6. The lowest BCUT2D eigenvalue weighted by Crippen LogP contribution is -2.45. The van der Waals surface area contributed by atoms with Crippen molar-refractivity contribution >= 4 is 23.4 Å². The average Bonchev–Trinajstić information content (AvgIpc) is 2.68. The monoisotopic (exact) mass is 373 g/mol. The highest BCUT2D eigenvalue weighted by atomic mass is 16.2. The van der Waals surface area contributed by atoms with Crippen molar-refractivity contribution < 1.29 is 14.4 Å². The predicted molar refractivity (Wildman–Crippen MR) is 106 cm³/mol. The van der Waals surface area contributed by atoms with Gasteiger partial charge in [0.15, 0.2) is 0 Å². The van der Waals surface area contributed by atoms with Gasteiger partial charge in [-0.25, -0.2) is 0 Å². The Hall–Kier alpha value is -2.37. The lowest BCUT2D eigenvalue weighted by Gasteiger charge is -2.32. The lowest BCUT2D eigenvalue weighted by molar-refractivity contribution is -0.136. The van der Waals surface area contributed by atoms with Crippen LogP contribution >= 0.6 is 0 Å². The van der Waals surface area contributed by atoms with E-state index >= 15 is 0 Å². The first-order valence-corrected chi connectivity index (χ1v) is 9.92. The molecule has 1 heterocycles. The van der Waals surface area contributed by atoms with Crippen molar-refractivity contribution in [2.75, 3.05) is 18.4 Å². The highest BCUT2D eigenvalue weighted by molar-refractivity contribution is 5.90. The van der Waals surface area contributed by atoms with E-state index in [9.17, 15) is 14.4 Å². The Morgan fingerprint density at radius 3 is 2.52 bits per heavy atom. The summed E-state index contributed by atoms with van der Waals surface area (Å²) in [6, 6.07) is 7.38. The molecule has 0 spiro atoms. The number of carbonyl (C=O) groups excluding carboxylic acids is 3. The molecule has 0 radical (unpaired) electrons. The summed E-state index contributed by atoms with van der Waals surface area (Å²) in [5.74, 6) is -0.0266. The van der Waals surface area contributed by atoms with Crippen LogP contribution in [0.4, 0.5) is 5.69 Å². The third-order valence-corrected chi connectivity index (χ3v) is 4.98. The van der Waals surface area contributed by atoms with Crippen molar-refractivity contribution in [2.24, 2.45) is 5.92 Å². The fourth-order valence-corrected chi connectivity index (χ4v) is 3.31. The van der Waals surface area contributed by atoms with Crippen LogP contribution in [-0.4, -0.2) is 35.7 Å². The first kappa shape index (κ1) is 20.9. The Balaban J connectivity index is 1.90. The van der Waals surface area contributed by atoms with Crippen LogP contribution in [0.3, 0.4) is 0 Å². The van der Waals surface area contributed by atoms with Crippen molar-refractivity contribution in [3.05, 3.63) is 29.8 Å². The molecule has 3 amide bonds. The predicted octanol–water partition coefficient (Wildman–Crippen LogP) is 3.25. The first-order valence-electron chi connectivity index (χ1n) is 9.92. The topological polar surface area (TPSA) is 78.5 Å². The molecule has 148 valence electrons. The molecule has 0 unspecified atom stereocenters. The van der Waals surface area contributed by atoms with Gasteiger partial charge in [-0.3, -0.25) is 14.4 Å². The molecule has 1 aliphatic heterocycles. The highest BCUT2D eigenvalue weighted by Gasteiger charge is 2.28. The van der Waals surface area contributed by atoms with Crippen LogP contribution in [0, 0.1) is 5.92 Å². The Labute approximate surface area is 161 Å². The van der Waals surface area contributed by atoms with Gasteiger partial charge in [-0.1, -0.05) is 26.0 Å². The van der Waals surface area contributed by atoms with Gasteiger partial charge in [-0.15, -0.1) is 0 Å². The van der Waals surface area contributed by atoms with Crippen LogP contribution in [0.5, 0.6) is 0 Å². The van der Waals surface area contributed by atoms with E-state index in [0.717, 1.165) is 37.1 Å². The Morgan fingerprint density at radius 1 is 1.19 bits per heavy atom. The van der Waals surface area contributed by atoms with Crippen LogP contribution in [0.25, 0.3) is 0 Å². The summed E-state index contributed by atoms with van der Waals surface area (Å²) < 4.78 is 0. The second kappa shape index (κ2) is 10.1. The molecule has 0 aliphatic carbocycles. The van der Waals surface area contributed by atoms with E-state index < -0.39 is 0 Å². The molecule has 1 fully saturated rings. The van der Waals surface area contributed by atoms with E-state index in [0.29, 0.717) is 19.4 Å². The van der Waals surface area contributed by atoms with Gasteiger partial charge < -0.3 is 15.5 Å². The lowest BCUT2D eigenvalue weighted by atomic mass is 9.96. The van der Waals surface area contributed by atoms with Gasteiger partial charge in [-0.05, 0) is 43.9 Å². The maximum Gasteiger partial charge on any atom is 0.225 e. The number of nitrogens with zero attached hydrogens (tertiary/aromatic N) is 1. The SMILES string of the molecule is CCCC(=O)N1CCC[C@H](C(=O)N[C@H](C)c2ccc(NC(=O)CC)cc2)C1. The Morgan fingerprint density at radius 2 is 1.89 bits per heavy atom. The van der Waals surface area contributed by atoms with E-state index in [-0.39, 0.29) is 29.7 Å². The van der Waals surface area contributed by atoms with Gasteiger partial charge in [0, 0.05) is 31.6 Å². The number of piperidine rings is 1. The van der Waals surface area contributed by atoms with Crippen molar-refractivity contribution in [2.45, 2.75) is 58.9 Å². The molecule has 0 saturated carbocycles. The summed E-state index contributed by atoms with van der Waals surface area (Å²) in [5.41, 5.74) is 1.73. The third-order valence-electron chi connectivity index (χ3n) is 4.98. The molecule has 6 nitrogen and oxygen atoms in total. The van der Waals surface area contributed by atoms with Gasteiger partial charge in [0.2, 0.25) is 17.7 Å². The number of likely N-dealkylation sites (tertiary alicyclic amines) is 1. The van der Waals surface area contributed by atoms with Gasteiger partial charge in [-0.2, -0.15) is 0 Å². The average molecular weight is 373 g/mol. The normalized spacial score (nSPS) is 17.9. The second-order valence-corrected chi connectivity index (χ2v) is 7.18. The van der Waals surface area contributed by atoms with E-state index in [1.54, 1.807) is 0 Å². The van der Waals surface area contributed by atoms with Gasteiger partial charge in [0.25, 0.3) is 0 Å². The summed E-state index contributed by atoms with van der Waals surface area (Å²) in [5, 5.41) is 5.88. The van der Waals surface area contributed by atoms with Crippen LogP contribution in [-0.2, 0) is 14.4 Å². The minimum Gasteiger partial charge on any atom is -0.349 e. The molecule has 1 aromatic carbocycles. The molecule has 1 aliphatic rings. The van der Waals surface area contributed by atoms with Crippen molar-refractivity contribution in [3.63, 3.8) is 0 Å². The molecule has 0 bridgehead atoms. The maximum atomic E-state index is 12.7. The van der Waals surface area contributed by atoms with Crippen molar-refractivity contribution in [1.82, 2.24) is 10.2 Å². The summed E-state index contributed by atoms with van der Waals surface area (Å²) in [6.07, 6.45) is 3.50. The number of amides is 3. The van der Waals surface area contributed by atoms with Crippen molar-refractivity contribution in [1.29, 1.82) is 0 Å². The molecule has 27 heavy (non-hydrogen) atoms. The fourth-order valence-electron chi connectivity index (χ4n) is 3.31. The largest absolute Gasteiger partial charge is 0.349 e. The number of nitrogens with one attached hydrogen (secondary N) is 2. The molecular formula is C21H31N3O3. The molecule has 1 saturated heterocycles. The minimum atomic E-state index is -0.148. The molecule has 6 heteroatoms. The van der Waals surface area contributed by atoms with Gasteiger partial charge in [0.05, 0.1) is 12.0 Å². The fraction of sp³-hybridized carbons (Fsp3) is 0.571.